The van der Waals surface area contributed by atoms with Gasteiger partial charge in [-0.15, -0.1) is 0 Å². The molecule has 0 saturated heterocycles. The molecule has 1 nitrogen and oxygen atoms in total. The fourth-order valence-corrected chi connectivity index (χ4v) is 6.28. The molecule has 200 valence electrons. The van der Waals surface area contributed by atoms with Crippen LogP contribution in [0.1, 0.15) is 17.8 Å². The predicted molar refractivity (Wildman–Crippen MR) is 183 cm³/mol. The van der Waals surface area contributed by atoms with Gasteiger partial charge in [0.05, 0.1) is 17.8 Å². The van der Waals surface area contributed by atoms with E-state index in [1.54, 1.807) is 18.2 Å². The quantitative estimate of drug-likeness (QED) is 0.196. The molecule has 0 bridgehead atoms. The Balaban J connectivity index is 1.59. The number of furan rings is 1. The minimum absolute atomic E-state index is 0.0474. The van der Waals surface area contributed by atoms with Crippen LogP contribution in [0, 0.1) is 0 Å². The van der Waals surface area contributed by atoms with Crippen LogP contribution in [0.2, 0.25) is 0 Å². The number of fused-ring (bicyclic) bond motifs is 6. The third-order valence-corrected chi connectivity index (χ3v) is 8.00. The highest BCUT2D eigenvalue weighted by molar-refractivity contribution is 6.27. The van der Waals surface area contributed by atoms with Gasteiger partial charge in [-0.05, 0) is 77.8 Å². The first-order valence-corrected chi connectivity index (χ1v) is 13.7. The van der Waals surface area contributed by atoms with Gasteiger partial charge in [0.1, 0.15) is 11.2 Å². The Labute approximate surface area is 267 Å². The molecule has 43 heavy (non-hydrogen) atoms. The summed E-state index contributed by atoms with van der Waals surface area (Å²) < 4.78 is 122. The van der Waals surface area contributed by atoms with E-state index >= 15 is 0 Å². The van der Waals surface area contributed by atoms with Gasteiger partial charge < -0.3 is 4.42 Å². The molecule has 0 saturated carbocycles. The number of hydrogen-bond donors (Lipinski definition) is 0. The van der Waals surface area contributed by atoms with Crippen molar-refractivity contribution in [3.63, 3.8) is 0 Å². The van der Waals surface area contributed by atoms with Gasteiger partial charge in [0.25, 0.3) is 0 Å². The first kappa shape index (κ1) is 14.5. The average molecular weight is 560 g/mol. The van der Waals surface area contributed by atoms with Crippen LogP contribution in [0.5, 0.6) is 0 Å². The van der Waals surface area contributed by atoms with Crippen LogP contribution in [-0.2, 0) is 0 Å². The van der Waals surface area contributed by atoms with Gasteiger partial charge in [0, 0.05) is 10.8 Å². The lowest BCUT2D eigenvalue weighted by molar-refractivity contribution is 0.669. The van der Waals surface area contributed by atoms with Crippen LogP contribution >= 0.6 is 0 Å². The summed E-state index contributed by atoms with van der Waals surface area (Å²) in [7, 11) is 0. The Kier molecular flexibility index (Phi) is 3.18. The maximum absolute atomic E-state index is 9.39. The summed E-state index contributed by atoms with van der Waals surface area (Å²) in [5.41, 5.74) is 2.19. The maximum Gasteiger partial charge on any atom is 0.136 e. The normalized spacial score (nSPS) is 16.0. The summed E-state index contributed by atoms with van der Waals surface area (Å²) >= 11 is 0. The fourth-order valence-electron chi connectivity index (χ4n) is 6.28. The Hall–Kier alpha value is -5.66. The van der Waals surface area contributed by atoms with Crippen molar-refractivity contribution in [3.8, 4) is 33.4 Å². The van der Waals surface area contributed by atoms with Gasteiger partial charge in [0.15, 0.2) is 0 Å². The number of benzene rings is 8. The van der Waals surface area contributed by atoms with Crippen LogP contribution in [-0.4, -0.2) is 0 Å². The van der Waals surface area contributed by atoms with Crippen LogP contribution in [0.25, 0.3) is 87.6 Å². The summed E-state index contributed by atoms with van der Waals surface area (Å²) in [6.45, 7) is 0. The summed E-state index contributed by atoms with van der Waals surface area (Å²) in [6.07, 6.45) is 0. The third kappa shape index (κ3) is 3.58. The lowest BCUT2D eigenvalue weighted by atomic mass is 9.84. The lowest BCUT2D eigenvalue weighted by Gasteiger charge is -2.18. The summed E-state index contributed by atoms with van der Waals surface area (Å²) in [5, 5.41) is 2.32. The van der Waals surface area contributed by atoms with Gasteiger partial charge in [-0.2, -0.15) is 0 Å². The summed E-state index contributed by atoms with van der Waals surface area (Å²) in [5.74, 6) is 0. The van der Waals surface area contributed by atoms with E-state index in [1.165, 1.54) is 0 Å². The molecule has 9 rings (SSSR count). The molecule has 1 aromatic heterocycles. The first-order valence-electron chi connectivity index (χ1n) is 20.2. The Morgan fingerprint density at radius 1 is 0.395 bits per heavy atom. The summed E-state index contributed by atoms with van der Waals surface area (Å²) in [6, 6.07) is 16.2. The van der Waals surface area contributed by atoms with E-state index in [0.29, 0.717) is 27.5 Å². The molecular weight excluding hydrogens is 520 g/mol. The van der Waals surface area contributed by atoms with Gasteiger partial charge in [-0.1, -0.05) is 145 Å². The molecule has 0 unspecified atom stereocenters. The minimum Gasteiger partial charge on any atom is -0.456 e. The maximum atomic E-state index is 9.39. The standard InChI is InChI=1S/C42H26O/c1-2-14-28(15-3-1)39-32-18-6-8-20-34(32)40(35-21-9-7-19-33(35)39)36-24-12-26-38-42(36)41-31(23-11-25-37(41)43-38)30-22-10-16-27-13-4-5-17-29(27)30/h1-26H/i1D,2D,3D,6D,7D,8D,9D,14D,15D,18D,19D,20D,21D. The molecule has 8 aromatic carbocycles. The molecule has 0 fully saturated rings. The number of rotatable bonds is 3. The molecule has 0 amide bonds. The van der Waals surface area contributed by atoms with Gasteiger partial charge in [-0.3, -0.25) is 0 Å². The minimum atomic E-state index is -0.719. The molecule has 0 aliphatic carbocycles. The molecule has 0 radical (unpaired) electrons. The van der Waals surface area contributed by atoms with Crippen LogP contribution < -0.4 is 0 Å². The largest absolute Gasteiger partial charge is 0.456 e. The highest BCUT2D eigenvalue weighted by Gasteiger charge is 2.21. The van der Waals surface area contributed by atoms with Crippen LogP contribution in [0.15, 0.2) is 162 Å². The zero-order chi connectivity index (χ0) is 39.6. The molecular formula is C42H26O. The Morgan fingerprint density at radius 2 is 0.907 bits per heavy atom. The summed E-state index contributed by atoms with van der Waals surface area (Å²) in [4.78, 5) is 0. The monoisotopic (exact) mass is 559 g/mol. The van der Waals surface area contributed by atoms with E-state index in [2.05, 4.69) is 0 Å². The van der Waals surface area contributed by atoms with Crippen molar-refractivity contribution in [3.05, 3.63) is 157 Å². The number of hydrogen-bond acceptors (Lipinski definition) is 1. The zero-order valence-corrected chi connectivity index (χ0v) is 22.4. The van der Waals surface area contributed by atoms with Crippen molar-refractivity contribution in [1.29, 1.82) is 0 Å². The molecule has 1 heterocycles. The van der Waals surface area contributed by atoms with Crippen molar-refractivity contribution in [2.24, 2.45) is 0 Å². The van der Waals surface area contributed by atoms with E-state index in [1.807, 2.05) is 60.7 Å². The van der Waals surface area contributed by atoms with Crippen molar-refractivity contribution in [2.45, 2.75) is 0 Å². The molecule has 0 atom stereocenters. The van der Waals surface area contributed by atoms with E-state index in [-0.39, 0.29) is 32.7 Å². The Morgan fingerprint density at radius 3 is 1.60 bits per heavy atom. The van der Waals surface area contributed by atoms with Crippen molar-refractivity contribution < 1.29 is 22.2 Å². The molecule has 0 aliphatic rings. The molecule has 0 N–H and O–H groups in total. The smallest absolute Gasteiger partial charge is 0.136 e. The molecule has 9 aromatic rings. The van der Waals surface area contributed by atoms with E-state index in [4.69, 9.17) is 16.8 Å². The predicted octanol–water partition coefficient (Wildman–Crippen LogP) is 12.0. The van der Waals surface area contributed by atoms with Crippen molar-refractivity contribution >= 4 is 54.3 Å². The van der Waals surface area contributed by atoms with Gasteiger partial charge >= 0.3 is 0 Å². The van der Waals surface area contributed by atoms with Gasteiger partial charge in [0.2, 0.25) is 0 Å². The molecule has 0 spiro atoms. The lowest BCUT2D eigenvalue weighted by Crippen LogP contribution is -1.91. The average Bonchev–Trinajstić information content (AvgIpc) is 3.60. The van der Waals surface area contributed by atoms with Crippen molar-refractivity contribution in [1.82, 2.24) is 0 Å². The second kappa shape index (κ2) is 9.44. The van der Waals surface area contributed by atoms with E-state index in [0.717, 1.165) is 21.9 Å². The second-order valence-electron chi connectivity index (χ2n) is 10.2. The fraction of sp³-hybridized carbons (Fsp3) is 0. The third-order valence-electron chi connectivity index (χ3n) is 8.00. The van der Waals surface area contributed by atoms with E-state index < -0.39 is 84.1 Å². The first-order chi connectivity index (χ1) is 26.8. The van der Waals surface area contributed by atoms with E-state index in [9.17, 15) is 5.48 Å². The Bertz CT molecular complexity index is 3130. The van der Waals surface area contributed by atoms with Crippen LogP contribution in [0.4, 0.5) is 0 Å². The van der Waals surface area contributed by atoms with Crippen LogP contribution in [0.3, 0.4) is 0 Å². The molecule has 1 heteroatoms. The second-order valence-corrected chi connectivity index (χ2v) is 10.2. The van der Waals surface area contributed by atoms with Gasteiger partial charge in [-0.25, -0.2) is 0 Å². The molecule has 0 aliphatic heterocycles. The zero-order valence-electron chi connectivity index (χ0n) is 35.4. The SMILES string of the molecule is [2H]c1c([2H])c([2H])c(-c2c3c([2H])c([2H])c([2H])c([2H])c3c(-c3cccc4oc5cccc(-c6cccc7ccccc67)c5c34)c3c([2H])c([2H])c([2H])c([2H])c23)c([2H])c1[2H]. The highest BCUT2D eigenvalue weighted by atomic mass is 16.3. The van der Waals surface area contributed by atoms with Crippen molar-refractivity contribution in [2.75, 3.05) is 0 Å². The highest BCUT2D eigenvalue weighted by Crippen LogP contribution is 2.48. The topological polar surface area (TPSA) is 13.1 Å².